The zero-order valence-corrected chi connectivity index (χ0v) is 14.8. The molecule has 25 heavy (non-hydrogen) atoms. The molecule has 2 aliphatic rings. The fourth-order valence-electron chi connectivity index (χ4n) is 3.23. The van der Waals surface area contributed by atoms with E-state index in [1.54, 1.807) is 6.20 Å². The number of carbonyl (C=O) groups is 1. The second kappa shape index (κ2) is 7.45. The van der Waals surface area contributed by atoms with Crippen LogP contribution in [0.4, 0.5) is 5.82 Å². The van der Waals surface area contributed by atoms with Gasteiger partial charge in [0.25, 0.3) is 5.91 Å². The standard InChI is InChI=1S/C19H21N3O2S/c23-19(21-16-7-12-25-17-4-2-1-3-15(16)17)14-5-6-18(20-13-14)22-8-10-24-11-9-22/h1-6,13,16H,7-12H2,(H,21,23)/t16-/m0/s1. The molecular weight excluding hydrogens is 334 g/mol. The normalized spacial score (nSPS) is 20.0. The fourth-order valence-corrected chi connectivity index (χ4v) is 4.36. The number of rotatable bonds is 3. The maximum Gasteiger partial charge on any atom is 0.253 e. The number of hydrogen-bond acceptors (Lipinski definition) is 5. The van der Waals surface area contributed by atoms with Crippen molar-refractivity contribution < 1.29 is 9.53 Å². The molecule has 5 nitrogen and oxygen atoms in total. The molecular formula is C19H21N3O2S. The highest BCUT2D eigenvalue weighted by molar-refractivity contribution is 7.99. The van der Waals surface area contributed by atoms with Crippen molar-refractivity contribution in [3.63, 3.8) is 0 Å². The average molecular weight is 355 g/mol. The van der Waals surface area contributed by atoms with Gasteiger partial charge in [0.05, 0.1) is 24.8 Å². The number of nitrogens with zero attached hydrogens (tertiary/aromatic N) is 2. The number of thioether (sulfide) groups is 1. The van der Waals surface area contributed by atoms with Crippen molar-refractivity contribution in [1.82, 2.24) is 10.3 Å². The minimum atomic E-state index is -0.0623. The Bertz CT molecular complexity index is 745. The quantitative estimate of drug-likeness (QED) is 0.917. The Morgan fingerprint density at radius 2 is 2.04 bits per heavy atom. The number of nitrogens with one attached hydrogen (secondary N) is 1. The van der Waals surface area contributed by atoms with Gasteiger partial charge in [0.2, 0.25) is 0 Å². The number of amides is 1. The highest BCUT2D eigenvalue weighted by Gasteiger charge is 2.22. The van der Waals surface area contributed by atoms with Crippen LogP contribution in [0.15, 0.2) is 47.5 Å². The first-order valence-corrected chi connectivity index (χ1v) is 9.61. The second-order valence-corrected chi connectivity index (χ2v) is 7.34. The predicted molar refractivity (Wildman–Crippen MR) is 99.3 cm³/mol. The summed E-state index contributed by atoms with van der Waals surface area (Å²) in [6, 6.07) is 12.2. The van der Waals surface area contributed by atoms with Crippen LogP contribution in [0.5, 0.6) is 0 Å². The summed E-state index contributed by atoms with van der Waals surface area (Å²) in [7, 11) is 0. The molecule has 1 atom stereocenters. The van der Waals surface area contributed by atoms with Gasteiger partial charge in [-0.3, -0.25) is 4.79 Å². The Morgan fingerprint density at radius 3 is 2.84 bits per heavy atom. The van der Waals surface area contributed by atoms with Crippen LogP contribution < -0.4 is 10.2 Å². The zero-order chi connectivity index (χ0) is 17.1. The number of carbonyl (C=O) groups excluding carboxylic acids is 1. The van der Waals surface area contributed by atoms with Gasteiger partial charge in [0.1, 0.15) is 5.82 Å². The van der Waals surface area contributed by atoms with Crippen LogP contribution in [0, 0.1) is 0 Å². The van der Waals surface area contributed by atoms with Crippen LogP contribution >= 0.6 is 11.8 Å². The molecule has 0 radical (unpaired) electrons. The molecule has 0 saturated carbocycles. The third kappa shape index (κ3) is 3.65. The Hall–Kier alpha value is -2.05. The van der Waals surface area contributed by atoms with Crippen molar-refractivity contribution in [3.8, 4) is 0 Å². The summed E-state index contributed by atoms with van der Waals surface area (Å²) in [6.45, 7) is 3.14. The first-order chi connectivity index (χ1) is 12.3. The minimum Gasteiger partial charge on any atom is -0.378 e. The third-order valence-corrected chi connectivity index (χ3v) is 5.73. The Morgan fingerprint density at radius 1 is 1.20 bits per heavy atom. The summed E-state index contributed by atoms with van der Waals surface area (Å²) in [5.74, 6) is 1.86. The van der Waals surface area contributed by atoms with E-state index in [-0.39, 0.29) is 11.9 Å². The molecule has 1 N–H and O–H groups in total. The van der Waals surface area contributed by atoms with Crippen LogP contribution in [-0.4, -0.2) is 42.9 Å². The lowest BCUT2D eigenvalue weighted by Crippen LogP contribution is -2.36. The smallest absolute Gasteiger partial charge is 0.253 e. The molecule has 6 heteroatoms. The highest BCUT2D eigenvalue weighted by atomic mass is 32.2. The number of aromatic nitrogens is 1. The van der Waals surface area contributed by atoms with E-state index in [0.29, 0.717) is 5.56 Å². The van der Waals surface area contributed by atoms with Gasteiger partial charge >= 0.3 is 0 Å². The summed E-state index contributed by atoms with van der Waals surface area (Å²) < 4.78 is 5.36. The summed E-state index contributed by atoms with van der Waals surface area (Å²) in [5.41, 5.74) is 1.82. The summed E-state index contributed by atoms with van der Waals surface area (Å²) >= 11 is 1.85. The van der Waals surface area contributed by atoms with Crippen LogP contribution in [0.1, 0.15) is 28.4 Å². The molecule has 1 aromatic heterocycles. The van der Waals surface area contributed by atoms with E-state index in [0.717, 1.165) is 44.3 Å². The SMILES string of the molecule is O=C(N[C@H]1CCSc2ccccc21)c1ccc(N2CCOCC2)nc1. The predicted octanol–water partition coefficient (Wildman–Crippen LogP) is 2.89. The fraction of sp³-hybridized carbons (Fsp3) is 0.368. The summed E-state index contributed by atoms with van der Waals surface area (Å²) in [5, 5.41) is 3.16. The van der Waals surface area contributed by atoms with Crippen molar-refractivity contribution in [1.29, 1.82) is 0 Å². The molecule has 1 saturated heterocycles. The van der Waals surface area contributed by atoms with Gasteiger partial charge in [-0.15, -0.1) is 11.8 Å². The van der Waals surface area contributed by atoms with Crippen LogP contribution in [0.2, 0.25) is 0 Å². The number of fused-ring (bicyclic) bond motifs is 1. The van der Waals surface area contributed by atoms with E-state index >= 15 is 0 Å². The van der Waals surface area contributed by atoms with E-state index in [9.17, 15) is 4.79 Å². The molecule has 0 unspecified atom stereocenters. The molecule has 4 rings (SSSR count). The van der Waals surface area contributed by atoms with Gasteiger partial charge in [-0.05, 0) is 30.2 Å². The van der Waals surface area contributed by atoms with Crippen LogP contribution in [-0.2, 0) is 4.74 Å². The van der Waals surface area contributed by atoms with Gasteiger partial charge < -0.3 is 15.0 Å². The first-order valence-electron chi connectivity index (χ1n) is 8.62. The first kappa shape index (κ1) is 16.4. The molecule has 1 aromatic carbocycles. The van der Waals surface area contributed by atoms with Crippen molar-refractivity contribution in [3.05, 3.63) is 53.7 Å². The molecule has 0 bridgehead atoms. The van der Waals surface area contributed by atoms with E-state index in [1.807, 2.05) is 36.0 Å². The van der Waals surface area contributed by atoms with Crippen LogP contribution in [0.3, 0.4) is 0 Å². The molecule has 2 aromatic rings. The molecule has 1 fully saturated rings. The second-order valence-electron chi connectivity index (χ2n) is 6.21. The van der Waals surface area contributed by atoms with Gasteiger partial charge in [-0.2, -0.15) is 0 Å². The number of morpholine rings is 1. The Labute approximate surface area is 151 Å². The van der Waals surface area contributed by atoms with Gasteiger partial charge in [-0.25, -0.2) is 4.98 Å². The monoisotopic (exact) mass is 355 g/mol. The van der Waals surface area contributed by atoms with E-state index in [2.05, 4.69) is 27.3 Å². The van der Waals surface area contributed by atoms with Crippen molar-refractivity contribution in [2.45, 2.75) is 17.4 Å². The number of benzene rings is 1. The van der Waals surface area contributed by atoms with Crippen molar-refractivity contribution in [2.24, 2.45) is 0 Å². The highest BCUT2D eigenvalue weighted by Crippen LogP contribution is 2.35. The number of hydrogen-bond donors (Lipinski definition) is 1. The Kier molecular flexibility index (Phi) is 4.90. The van der Waals surface area contributed by atoms with Gasteiger partial charge in [-0.1, -0.05) is 18.2 Å². The molecule has 2 aliphatic heterocycles. The average Bonchev–Trinajstić information content (AvgIpc) is 2.69. The van der Waals surface area contributed by atoms with E-state index in [4.69, 9.17) is 4.74 Å². The summed E-state index contributed by atoms with van der Waals surface area (Å²) in [4.78, 5) is 20.5. The molecule has 0 aliphatic carbocycles. The van der Waals surface area contributed by atoms with Crippen molar-refractivity contribution >= 4 is 23.5 Å². The van der Waals surface area contributed by atoms with Gasteiger partial charge in [0, 0.05) is 29.9 Å². The molecule has 1 amide bonds. The number of anilines is 1. The molecule has 130 valence electrons. The minimum absolute atomic E-state index is 0.0623. The topological polar surface area (TPSA) is 54.5 Å². The van der Waals surface area contributed by atoms with Gasteiger partial charge in [0.15, 0.2) is 0 Å². The third-order valence-electron chi connectivity index (χ3n) is 4.61. The largest absolute Gasteiger partial charge is 0.378 e. The lowest BCUT2D eigenvalue weighted by Gasteiger charge is -2.28. The van der Waals surface area contributed by atoms with E-state index < -0.39 is 0 Å². The Balaban J connectivity index is 1.45. The zero-order valence-electron chi connectivity index (χ0n) is 14.0. The van der Waals surface area contributed by atoms with E-state index in [1.165, 1.54) is 10.5 Å². The number of pyridine rings is 1. The molecule has 3 heterocycles. The maximum absolute atomic E-state index is 12.6. The lowest BCUT2D eigenvalue weighted by atomic mass is 10.0. The molecule has 0 spiro atoms. The summed E-state index contributed by atoms with van der Waals surface area (Å²) in [6.07, 6.45) is 2.62. The van der Waals surface area contributed by atoms with Crippen molar-refractivity contribution in [2.75, 3.05) is 37.0 Å². The number of ether oxygens (including phenoxy) is 1. The lowest BCUT2D eigenvalue weighted by molar-refractivity contribution is 0.0934. The maximum atomic E-state index is 12.6. The van der Waals surface area contributed by atoms with Crippen LogP contribution in [0.25, 0.3) is 0 Å².